The molecule has 2 nitrogen and oxygen atoms in total. The molecule has 15 heavy (non-hydrogen) atoms. The van der Waals surface area contributed by atoms with Crippen molar-refractivity contribution < 1.29 is 9.53 Å². The molecule has 0 saturated carbocycles. The Morgan fingerprint density at radius 1 is 1.33 bits per heavy atom. The highest BCUT2D eigenvalue weighted by Crippen LogP contribution is 2.26. The summed E-state index contributed by atoms with van der Waals surface area (Å²) in [6.07, 6.45) is 1.02. The molecule has 1 atom stereocenters. The second-order valence-corrected chi connectivity index (χ2v) is 4.13. The van der Waals surface area contributed by atoms with Crippen molar-refractivity contribution in [2.75, 3.05) is 7.11 Å². The number of methoxy groups -OCH3 is 1. The SMILES string of the molecule is COc1ccc(C(C=O)C(C)C)cc1C. The third-order valence-electron chi connectivity index (χ3n) is 2.67. The lowest BCUT2D eigenvalue weighted by atomic mass is 9.89. The zero-order valence-electron chi connectivity index (χ0n) is 9.78. The molecule has 0 aliphatic rings. The number of aryl methyl sites for hydroxylation is 1. The zero-order chi connectivity index (χ0) is 11.4. The molecular weight excluding hydrogens is 188 g/mol. The van der Waals surface area contributed by atoms with Gasteiger partial charge >= 0.3 is 0 Å². The van der Waals surface area contributed by atoms with Crippen LogP contribution in [0.15, 0.2) is 18.2 Å². The molecule has 82 valence electrons. The van der Waals surface area contributed by atoms with E-state index in [2.05, 4.69) is 13.8 Å². The van der Waals surface area contributed by atoms with Crippen molar-refractivity contribution >= 4 is 6.29 Å². The van der Waals surface area contributed by atoms with E-state index in [0.717, 1.165) is 23.2 Å². The standard InChI is InChI=1S/C13H18O2/c1-9(2)12(8-14)11-5-6-13(15-4)10(3)7-11/h5-9,12H,1-4H3. The molecule has 0 heterocycles. The fourth-order valence-corrected chi connectivity index (χ4v) is 1.73. The lowest BCUT2D eigenvalue weighted by Crippen LogP contribution is -2.08. The maximum atomic E-state index is 11.0. The number of hydrogen-bond donors (Lipinski definition) is 0. The first kappa shape index (κ1) is 11.8. The van der Waals surface area contributed by atoms with E-state index in [0.29, 0.717) is 5.92 Å². The van der Waals surface area contributed by atoms with E-state index in [1.54, 1.807) is 7.11 Å². The van der Waals surface area contributed by atoms with E-state index in [4.69, 9.17) is 4.74 Å². The number of rotatable bonds is 4. The third kappa shape index (κ3) is 2.58. The van der Waals surface area contributed by atoms with Crippen LogP contribution >= 0.6 is 0 Å². The number of carbonyl (C=O) groups excluding carboxylic acids is 1. The van der Waals surface area contributed by atoms with Crippen LogP contribution < -0.4 is 4.74 Å². The van der Waals surface area contributed by atoms with Crippen LogP contribution in [0.1, 0.15) is 30.9 Å². The van der Waals surface area contributed by atoms with Crippen LogP contribution in [0.2, 0.25) is 0 Å². The van der Waals surface area contributed by atoms with E-state index >= 15 is 0 Å². The molecule has 0 aliphatic heterocycles. The van der Waals surface area contributed by atoms with Crippen molar-refractivity contribution in [2.45, 2.75) is 26.7 Å². The van der Waals surface area contributed by atoms with Gasteiger partial charge in [0.2, 0.25) is 0 Å². The number of aldehydes is 1. The van der Waals surface area contributed by atoms with Crippen LogP contribution in [0.25, 0.3) is 0 Å². The average Bonchev–Trinajstić information content (AvgIpc) is 2.18. The molecule has 0 aliphatic carbocycles. The first-order valence-electron chi connectivity index (χ1n) is 5.20. The van der Waals surface area contributed by atoms with Crippen LogP contribution in [0, 0.1) is 12.8 Å². The van der Waals surface area contributed by atoms with Gasteiger partial charge in [-0.05, 0) is 30.0 Å². The van der Waals surface area contributed by atoms with Gasteiger partial charge in [-0.25, -0.2) is 0 Å². The molecule has 0 bridgehead atoms. The molecule has 1 unspecified atom stereocenters. The number of ether oxygens (including phenoxy) is 1. The molecule has 0 radical (unpaired) electrons. The van der Waals surface area contributed by atoms with Gasteiger partial charge in [-0.1, -0.05) is 26.0 Å². The van der Waals surface area contributed by atoms with E-state index < -0.39 is 0 Å². The summed E-state index contributed by atoms with van der Waals surface area (Å²) < 4.78 is 5.19. The molecule has 0 spiro atoms. The molecule has 0 fully saturated rings. The number of benzene rings is 1. The summed E-state index contributed by atoms with van der Waals surface area (Å²) in [6.45, 7) is 6.10. The second-order valence-electron chi connectivity index (χ2n) is 4.13. The highest BCUT2D eigenvalue weighted by atomic mass is 16.5. The lowest BCUT2D eigenvalue weighted by molar-refractivity contribution is -0.109. The second kappa shape index (κ2) is 4.96. The maximum absolute atomic E-state index is 11.0. The molecule has 2 heteroatoms. The quantitative estimate of drug-likeness (QED) is 0.708. The van der Waals surface area contributed by atoms with Crippen molar-refractivity contribution in [1.82, 2.24) is 0 Å². The molecule has 0 saturated heterocycles. The minimum absolute atomic E-state index is 0.0189. The Morgan fingerprint density at radius 2 is 2.00 bits per heavy atom. The minimum Gasteiger partial charge on any atom is -0.496 e. The van der Waals surface area contributed by atoms with Crippen LogP contribution in [-0.4, -0.2) is 13.4 Å². The van der Waals surface area contributed by atoms with Gasteiger partial charge in [0, 0.05) is 5.92 Å². The van der Waals surface area contributed by atoms with Crippen LogP contribution in [0.4, 0.5) is 0 Å². The van der Waals surface area contributed by atoms with Gasteiger partial charge in [0.1, 0.15) is 12.0 Å². The van der Waals surface area contributed by atoms with Crippen molar-refractivity contribution in [3.63, 3.8) is 0 Å². The Hall–Kier alpha value is -1.31. The van der Waals surface area contributed by atoms with Crippen molar-refractivity contribution in [3.05, 3.63) is 29.3 Å². The molecular formula is C13H18O2. The van der Waals surface area contributed by atoms with Gasteiger partial charge in [-0.3, -0.25) is 0 Å². The van der Waals surface area contributed by atoms with Gasteiger partial charge in [0.05, 0.1) is 7.11 Å². The Morgan fingerprint density at radius 3 is 2.40 bits per heavy atom. The van der Waals surface area contributed by atoms with Crippen LogP contribution in [0.5, 0.6) is 5.75 Å². The van der Waals surface area contributed by atoms with Crippen molar-refractivity contribution in [1.29, 1.82) is 0 Å². The monoisotopic (exact) mass is 206 g/mol. The highest BCUT2D eigenvalue weighted by molar-refractivity contribution is 5.63. The largest absolute Gasteiger partial charge is 0.496 e. The summed E-state index contributed by atoms with van der Waals surface area (Å²) in [7, 11) is 1.65. The molecule has 0 aromatic heterocycles. The number of carbonyl (C=O) groups is 1. The molecule has 0 N–H and O–H groups in total. The molecule has 1 aromatic rings. The smallest absolute Gasteiger partial charge is 0.127 e. The van der Waals surface area contributed by atoms with E-state index in [9.17, 15) is 4.79 Å². The van der Waals surface area contributed by atoms with E-state index in [1.807, 2.05) is 25.1 Å². The summed E-state index contributed by atoms with van der Waals surface area (Å²) in [5.74, 6) is 1.18. The zero-order valence-corrected chi connectivity index (χ0v) is 9.78. The van der Waals surface area contributed by atoms with Gasteiger partial charge in [0.25, 0.3) is 0 Å². The summed E-state index contributed by atoms with van der Waals surface area (Å²) >= 11 is 0. The van der Waals surface area contributed by atoms with Crippen LogP contribution in [0.3, 0.4) is 0 Å². The molecule has 1 aromatic carbocycles. The Balaban J connectivity index is 3.05. The predicted octanol–water partition coefficient (Wildman–Crippen LogP) is 2.94. The summed E-state index contributed by atoms with van der Waals surface area (Å²) in [4.78, 5) is 11.0. The Kier molecular flexibility index (Phi) is 3.89. The average molecular weight is 206 g/mol. The van der Waals surface area contributed by atoms with E-state index in [-0.39, 0.29) is 5.92 Å². The van der Waals surface area contributed by atoms with Gasteiger partial charge in [0.15, 0.2) is 0 Å². The van der Waals surface area contributed by atoms with Gasteiger partial charge in [-0.2, -0.15) is 0 Å². The highest BCUT2D eigenvalue weighted by Gasteiger charge is 2.15. The minimum atomic E-state index is -0.0189. The Labute approximate surface area is 91.3 Å². The van der Waals surface area contributed by atoms with E-state index in [1.165, 1.54) is 0 Å². The van der Waals surface area contributed by atoms with Crippen molar-refractivity contribution in [3.8, 4) is 5.75 Å². The summed E-state index contributed by atoms with van der Waals surface area (Å²) in [5.41, 5.74) is 2.14. The first-order valence-corrected chi connectivity index (χ1v) is 5.20. The summed E-state index contributed by atoms with van der Waals surface area (Å²) in [5, 5.41) is 0. The summed E-state index contributed by atoms with van der Waals surface area (Å²) in [6, 6.07) is 5.91. The normalized spacial score (nSPS) is 12.6. The lowest BCUT2D eigenvalue weighted by Gasteiger charge is -2.16. The molecule has 1 rings (SSSR count). The fraction of sp³-hybridized carbons (Fsp3) is 0.462. The third-order valence-corrected chi connectivity index (χ3v) is 2.67. The number of hydrogen-bond acceptors (Lipinski definition) is 2. The van der Waals surface area contributed by atoms with Crippen LogP contribution in [-0.2, 0) is 4.79 Å². The van der Waals surface area contributed by atoms with Gasteiger partial charge < -0.3 is 9.53 Å². The topological polar surface area (TPSA) is 26.3 Å². The first-order chi connectivity index (χ1) is 7.10. The van der Waals surface area contributed by atoms with Gasteiger partial charge in [-0.15, -0.1) is 0 Å². The predicted molar refractivity (Wildman–Crippen MR) is 61.4 cm³/mol. The maximum Gasteiger partial charge on any atom is 0.127 e. The fourth-order valence-electron chi connectivity index (χ4n) is 1.73. The molecule has 0 amide bonds. The Bertz CT molecular complexity index is 342. The van der Waals surface area contributed by atoms with Crippen molar-refractivity contribution in [2.24, 2.45) is 5.92 Å².